The van der Waals surface area contributed by atoms with E-state index in [0.717, 1.165) is 22.4 Å². The second-order valence-corrected chi connectivity index (χ2v) is 13.8. The number of aromatic nitrogens is 2. The van der Waals surface area contributed by atoms with Crippen LogP contribution in [0, 0.1) is 0 Å². The van der Waals surface area contributed by atoms with Crippen molar-refractivity contribution < 1.29 is 19.4 Å². The number of Topliss-reactive ketones (excluding diaryl/α,β-unsaturated/α-hetero) is 1. The third kappa shape index (κ3) is 5.79. The van der Waals surface area contributed by atoms with Gasteiger partial charge in [0, 0.05) is 27.8 Å². The summed E-state index contributed by atoms with van der Waals surface area (Å²) < 4.78 is 6.41. The zero-order valence-corrected chi connectivity index (χ0v) is 26.7. The molecule has 220 valence electrons. The predicted octanol–water partition coefficient (Wildman–Crippen LogP) is 8.21. The van der Waals surface area contributed by atoms with Gasteiger partial charge in [-0.15, -0.1) is 10.2 Å². The number of hydrogen-bond donors (Lipinski definition) is 1. The molecular formula is C32H27Cl2N3O4S2. The molecule has 43 heavy (non-hydrogen) atoms. The Balaban J connectivity index is 1.38. The first-order chi connectivity index (χ1) is 20.6. The number of fused-ring (bicyclic) bond motifs is 1. The van der Waals surface area contributed by atoms with Crippen molar-refractivity contribution in [2.75, 3.05) is 4.90 Å². The molecule has 2 atom stereocenters. The Hall–Kier alpha value is -3.37. The lowest BCUT2D eigenvalue weighted by Crippen LogP contribution is -2.29. The van der Waals surface area contributed by atoms with E-state index in [4.69, 9.17) is 27.9 Å². The summed E-state index contributed by atoms with van der Waals surface area (Å²) in [6.07, 6.45) is 0.717. The predicted molar refractivity (Wildman–Crippen MR) is 171 cm³/mol. The highest BCUT2D eigenvalue weighted by atomic mass is 35.5. The van der Waals surface area contributed by atoms with Crippen LogP contribution in [0.5, 0.6) is 5.75 Å². The Kier molecular flexibility index (Phi) is 8.26. The summed E-state index contributed by atoms with van der Waals surface area (Å²) in [5.74, 6) is -0.219. The van der Waals surface area contributed by atoms with Crippen LogP contribution in [0.25, 0.3) is 5.76 Å². The van der Waals surface area contributed by atoms with Gasteiger partial charge in [-0.1, -0.05) is 90.5 Å². The number of thioether (sulfide) groups is 1. The first-order valence-electron chi connectivity index (χ1n) is 13.7. The summed E-state index contributed by atoms with van der Waals surface area (Å²) in [5, 5.41) is 21.5. The number of rotatable bonds is 7. The lowest BCUT2D eigenvalue weighted by Gasteiger charge is -2.23. The van der Waals surface area contributed by atoms with Crippen LogP contribution in [-0.4, -0.2) is 33.1 Å². The average molecular weight is 653 g/mol. The van der Waals surface area contributed by atoms with Crippen LogP contribution in [0.1, 0.15) is 60.5 Å². The Bertz CT molecular complexity index is 1770. The molecule has 0 radical (unpaired) electrons. The highest BCUT2D eigenvalue weighted by molar-refractivity contribution is 8.00. The quantitative estimate of drug-likeness (QED) is 0.0707. The van der Waals surface area contributed by atoms with E-state index in [9.17, 15) is 14.7 Å². The van der Waals surface area contributed by atoms with Gasteiger partial charge in [-0.05, 0) is 65.4 Å². The summed E-state index contributed by atoms with van der Waals surface area (Å²) >= 11 is 15.0. The topological polar surface area (TPSA) is 92.6 Å². The van der Waals surface area contributed by atoms with E-state index in [0.29, 0.717) is 43.6 Å². The zero-order chi connectivity index (χ0) is 30.4. The minimum absolute atomic E-state index is 0.00607. The summed E-state index contributed by atoms with van der Waals surface area (Å²) in [6, 6.07) is 17.5. The van der Waals surface area contributed by atoms with E-state index in [1.165, 1.54) is 28.0 Å². The third-order valence-corrected chi connectivity index (χ3v) is 10.2. The highest BCUT2D eigenvalue weighted by Gasteiger charge is 2.48. The molecular weight excluding hydrogens is 625 g/mol. The van der Waals surface area contributed by atoms with Crippen LogP contribution in [0.4, 0.5) is 5.13 Å². The van der Waals surface area contributed by atoms with Gasteiger partial charge < -0.3 is 9.84 Å². The highest BCUT2D eigenvalue weighted by Crippen LogP contribution is 2.45. The number of amides is 1. The van der Waals surface area contributed by atoms with E-state index in [1.807, 2.05) is 43.3 Å². The Morgan fingerprint density at radius 3 is 2.58 bits per heavy atom. The maximum atomic E-state index is 13.6. The van der Waals surface area contributed by atoms with Gasteiger partial charge in [-0.3, -0.25) is 14.5 Å². The zero-order valence-electron chi connectivity index (χ0n) is 23.5. The van der Waals surface area contributed by atoms with Crippen molar-refractivity contribution in [3.63, 3.8) is 0 Å². The van der Waals surface area contributed by atoms with Crippen molar-refractivity contribution in [2.24, 2.45) is 0 Å². The normalized spacial score (nSPS) is 19.3. The number of carbonyl (C=O) groups excluding carboxylic acids is 2. The largest absolute Gasteiger partial charge is 0.507 e. The Labute approximate surface area is 267 Å². The molecule has 7 nitrogen and oxygen atoms in total. The molecule has 0 aliphatic carbocycles. The lowest BCUT2D eigenvalue weighted by molar-refractivity contribution is -0.132. The van der Waals surface area contributed by atoms with Crippen LogP contribution >= 0.6 is 46.3 Å². The molecule has 0 bridgehead atoms. The molecule has 3 aromatic carbocycles. The van der Waals surface area contributed by atoms with Gasteiger partial charge in [0.05, 0.1) is 11.6 Å². The molecule has 0 unspecified atom stereocenters. The maximum absolute atomic E-state index is 13.6. The number of ketones is 1. The third-order valence-electron chi connectivity index (χ3n) is 7.50. The molecule has 0 saturated carbocycles. The summed E-state index contributed by atoms with van der Waals surface area (Å²) in [7, 11) is 0. The van der Waals surface area contributed by atoms with Crippen molar-refractivity contribution in [2.45, 2.75) is 55.3 Å². The number of hydrogen-bond acceptors (Lipinski definition) is 8. The smallest absolute Gasteiger partial charge is 0.301 e. The van der Waals surface area contributed by atoms with Gasteiger partial charge >= 0.3 is 5.91 Å². The van der Waals surface area contributed by atoms with E-state index in [1.54, 1.807) is 24.3 Å². The number of halogens is 2. The van der Waals surface area contributed by atoms with Crippen LogP contribution < -0.4 is 9.64 Å². The molecule has 4 aromatic rings. The van der Waals surface area contributed by atoms with Gasteiger partial charge in [0.1, 0.15) is 17.6 Å². The van der Waals surface area contributed by atoms with Crippen molar-refractivity contribution in [1.82, 2.24) is 10.2 Å². The second kappa shape index (κ2) is 12.0. The number of benzene rings is 3. The molecule has 1 amide bonds. The van der Waals surface area contributed by atoms with E-state index in [-0.39, 0.29) is 22.6 Å². The van der Waals surface area contributed by atoms with Crippen LogP contribution in [-0.2, 0) is 21.8 Å². The van der Waals surface area contributed by atoms with Crippen LogP contribution in [0.15, 0.2) is 70.6 Å². The molecule has 1 fully saturated rings. The number of nitrogens with zero attached hydrogens (tertiary/aromatic N) is 3. The molecule has 2 aliphatic rings. The van der Waals surface area contributed by atoms with Gasteiger partial charge in [-0.25, -0.2) is 0 Å². The van der Waals surface area contributed by atoms with Crippen molar-refractivity contribution in [3.8, 4) is 5.75 Å². The minimum atomic E-state index is -0.888. The van der Waals surface area contributed by atoms with E-state index in [2.05, 4.69) is 24.0 Å². The Morgan fingerprint density at radius 1 is 1.09 bits per heavy atom. The lowest BCUT2D eigenvalue weighted by atomic mass is 9.93. The van der Waals surface area contributed by atoms with Gasteiger partial charge in [0.2, 0.25) is 5.13 Å². The van der Waals surface area contributed by atoms with Crippen molar-refractivity contribution in [1.29, 1.82) is 0 Å². The van der Waals surface area contributed by atoms with Crippen LogP contribution in [0.2, 0.25) is 10.0 Å². The van der Waals surface area contributed by atoms with Gasteiger partial charge in [0.15, 0.2) is 4.34 Å². The monoisotopic (exact) mass is 651 g/mol. The standard InChI is InChI=1S/C32H27Cl2N3O4S2/c1-16(2)18-4-6-19(7-5-18)27-26(28(38)20-9-11-25-22(13-20)12-17(3)41-25)29(39)30(40)37(27)31-35-36-32(43-31)42-15-21-8-10-23(33)14-24(21)34/h4-11,13-14,16-17,27,38H,12,15H2,1-3H3/b28-26+/t17-,27+/m1/s1. The first kappa shape index (κ1) is 29.7. The summed E-state index contributed by atoms with van der Waals surface area (Å²) in [6.45, 7) is 6.17. The Morgan fingerprint density at radius 2 is 1.86 bits per heavy atom. The fraction of sp³-hybridized carbons (Fsp3) is 0.250. The average Bonchev–Trinajstić information content (AvgIpc) is 3.67. The first-order valence-corrected chi connectivity index (χ1v) is 16.3. The molecule has 3 heterocycles. The summed E-state index contributed by atoms with van der Waals surface area (Å²) in [4.78, 5) is 28.6. The van der Waals surface area contributed by atoms with Crippen molar-refractivity contribution in [3.05, 3.63) is 104 Å². The van der Waals surface area contributed by atoms with Gasteiger partial charge in [-0.2, -0.15) is 0 Å². The van der Waals surface area contributed by atoms with Gasteiger partial charge in [0.25, 0.3) is 5.78 Å². The summed E-state index contributed by atoms with van der Waals surface area (Å²) in [5.41, 5.74) is 4.07. The molecule has 1 aromatic heterocycles. The number of carbonyl (C=O) groups is 2. The fourth-order valence-corrected chi connectivity index (χ4v) is 7.70. The number of aliphatic hydroxyl groups excluding tert-OH is 1. The molecule has 6 rings (SSSR count). The molecule has 1 N–H and O–H groups in total. The second-order valence-electron chi connectivity index (χ2n) is 10.8. The van der Waals surface area contributed by atoms with Crippen molar-refractivity contribution >= 4 is 68.9 Å². The number of anilines is 1. The van der Waals surface area contributed by atoms with E-state index < -0.39 is 17.7 Å². The fourth-order valence-electron chi connectivity index (χ4n) is 5.27. The number of ether oxygens (including phenoxy) is 1. The molecule has 11 heteroatoms. The van der Waals surface area contributed by atoms with Crippen LogP contribution in [0.3, 0.4) is 0 Å². The molecule has 0 spiro atoms. The minimum Gasteiger partial charge on any atom is -0.507 e. The number of aliphatic hydroxyl groups is 1. The molecule has 1 saturated heterocycles. The molecule has 2 aliphatic heterocycles. The maximum Gasteiger partial charge on any atom is 0.301 e. The van der Waals surface area contributed by atoms with E-state index >= 15 is 0 Å². The SMILES string of the molecule is CC(C)c1ccc([C@H]2/C(=C(\O)c3ccc4c(c3)C[C@@H](C)O4)C(=O)C(=O)N2c2nnc(SCc3ccc(Cl)cc3Cl)s2)cc1.